The van der Waals surface area contributed by atoms with Crippen molar-refractivity contribution in [1.29, 1.82) is 0 Å². The molecule has 3 N–H and O–H groups in total. The van der Waals surface area contributed by atoms with Crippen LogP contribution in [0.15, 0.2) is 0 Å². The summed E-state index contributed by atoms with van der Waals surface area (Å²) in [6, 6.07) is -0.623. The Kier molecular flexibility index (Phi) is 10.5. The summed E-state index contributed by atoms with van der Waals surface area (Å²) >= 11 is 0. The van der Waals surface area contributed by atoms with Crippen LogP contribution in [-0.4, -0.2) is 42.1 Å². The predicted octanol–water partition coefficient (Wildman–Crippen LogP) is 0.800. The van der Waals surface area contributed by atoms with Crippen molar-refractivity contribution in [1.82, 2.24) is 10.6 Å². The lowest BCUT2D eigenvalue weighted by Crippen LogP contribution is -2.39. The van der Waals surface area contributed by atoms with Crippen LogP contribution >= 0.6 is 0 Å². The van der Waals surface area contributed by atoms with Crippen LogP contribution in [0.1, 0.15) is 45.4 Å². The number of nitrogens with one attached hydrogen (secondary N) is 2. The minimum Gasteiger partial charge on any atom is -0.481 e. The molecule has 0 rings (SSSR count). The summed E-state index contributed by atoms with van der Waals surface area (Å²) in [5, 5.41) is 13.0. The number of hydrogen-bond acceptors (Lipinski definition) is 5. The van der Waals surface area contributed by atoms with Gasteiger partial charge in [-0.3, -0.25) is 19.7 Å². The van der Waals surface area contributed by atoms with Crippen molar-refractivity contribution in [3.63, 3.8) is 0 Å². The molecule has 3 amide bonds. The van der Waals surface area contributed by atoms with Crippen LogP contribution in [0, 0.1) is 0 Å². The highest BCUT2D eigenvalue weighted by Gasteiger charge is 2.08. The molecule has 0 fully saturated rings. The molecule has 8 heteroatoms. The molecular formula is C13H22N2O6. The van der Waals surface area contributed by atoms with Gasteiger partial charge >= 0.3 is 18.0 Å². The molecule has 0 radical (unpaired) electrons. The Morgan fingerprint density at radius 2 is 1.67 bits per heavy atom. The zero-order valence-corrected chi connectivity index (χ0v) is 12.1. The van der Waals surface area contributed by atoms with Crippen LogP contribution in [0.4, 0.5) is 4.79 Å². The van der Waals surface area contributed by atoms with Gasteiger partial charge < -0.3 is 15.2 Å². The predicted molar refractivity (Wildman–Crippen MR) is 73.5 cm³/mol. The number of amides is 3. The van der Waals surface area contributed by atoms with Crippen molar-refractivity contribution >= 4 is 23.9 Å². The van der Waals surface area contributed by atoms with Gasteiger partial charge in [0, 0.05) is 25.8 Å². The van der Waals surface area contributed by atoms with Gasteiger partial charge in [-0.25, -0.2) is 4.79 Å². The fraction of sp³-hybridized carbons (Fsp3) is 0.692. The molecule has 120 valence electrons. The summed E-state index contributed by atoms with van der Waals surface area (Å²) in [6.45, 7) is 2.30. The monoisotopic (exact) mass is 302 g/mol. The van der Waals surface area contributed by atoms with E-state index in [1.54, 1.807) is 6.92 Å². The molecule has 0 saturated heterocycles. The number of imide groups is 1. The van der Waals surface area contributed by atoms with E-state index < -0.39 is 17.9 Å². The quantitative estimate of drug-likeness (QED) is 0.405. The van der Waals surface area contributed by atoms with Gasteiger partial charge in [-0.05, 0) is 26.2 Å². The average molecular weight is 302 g/mol. The minimum absolute atomic E-state index is 0.00728. The number of unbranched alkanes of at least 4 members (excludes halogenated alkanes) is 1. The van der Waals surface area contributed by atoms with E-state index in [0.717, 1.165) is 0 Å². The largest absolute Gasteiger partial charge is 0.481 e. The van der Waals surface area contributed by atoms with E-state index in [-0.39, 0.29) is 31.8 Å². The number of ether oxygens (including phenoxy) is 1. The lowest BCUT2D eigenvalue weighted by Gasteiger charge is -2.06. The van der Waals surface area contributed by atoms with E-state index in [9.17, 15) is 19.2 Å². The van der Waals surface area contributed by atoms with Crippen LogP contribution < -0.4 is 10.6 Å². The van der Waals surface area contributed by atoms with E-state index in [2.05, 4.69) is 10.6 Å². The van der Waals surface area contributed by atoms with Crippen molar-refractivity contribution in [3.05, 3.63) is 0 Å². The van der Waals surface area contributed by atoms with Gasteiger partial charge in [-0.15, -0.1) is 0 Å². The zero-order valence-electron chi connectivity index (χ0n) is 12.1. The van der Waals surface area contributed by atoms with Gasteiger partial charge in [-0.2, -0.15) is 0 Å². The second-order valence-corrected chi connectivity index (χ2v) is 4.31. The number of carbonyl (C=O) groups excluding carboxylic acids is 3. The van der Waals surface area contributed by atoms with Gasteiger partial charge in [0.2, 0.25) is 5.91 Å². The van der Waals surface area contributed by atoms with Gasteiger partial charge in [0.1, 0.15) is 0 Å². The Bertz CT molecular complexity index is 370. The number of rotatable bonds is 10. The van der Waals surface area contributed by atoms with Crippen molar-refractivity contribution in [3.8, 4) is 0 Å². The maximum Gasteiger partial charge on any atom is 0.321 e. The van der Waals surface area contributed by atoms with E-state index in [1.807, 2.05) is 0 Å². The molecule has 0 bridgehead atoms. The number of carboxylic acid groups (broad SMARTS) is 1. The van der Waals surface area contributed by atoms with Crippen LogP contribution in [0.2, 0.25) is 0 Å². The lowest BCUT2D eigenvalue weighted by atomic mass is 10.2. The lowest BCUT2D eigenvalue weighted by molar-refractivity contribution is -0.143. The topological polar surface area (TPSA) is 122 Å². The van der Waals surface area contributed by atoms with Crippen LogP contribution in [0.25, 0.3) is 0 Å². The van der Waals surface area contributed by atoms with Crippen molar-refractivity contribution in [2.75, 3.05) is 13.2 Å². The van der Waals surface area contributed by atoms with Crippen molar-refractivity contribution in [2.45, 2.75) is 45.4 Å². The zero-order chi connectivity index (χ0) is 16.1. The van der Waals surface area contributed by atoms with E-state index in [4.69, 9.17) is 9.84 Å². The third-order valence-electron chi connectivity index (χ3n) is 2.45. The molecule has 0 aliphatic carbocycles. The maximum absolute atomic E-state index is 11.3. The molecule has 0 atom stereocenters. The summed E-state index contributed by atoms with van der Waals surface area (Å²) in [6.07, 6.45) is 1.55. The molecule has 21 heavy (non-hydrogen) atoms. The Morgan fingerprint density at radius 1 is 1.00 bits per heavy atom. The standard InChI is InChI=1S/C13H22N2O6/c1-2-21-12(19)8-5-9-14-13(20)15-10(16)6-3-4-7-11(17)18/h2-9H2,1H3,(H,17,18)(H2,14,15,16,20). The molecule has 0 unspecified atom stereocenters. The number of esters is 1. The summed E-state index contributed by atoms with van der Waals surface area (Å²) in [4.78, 5) is 43.9. The Hall–Kier alpha value is -2.12. The Balaban J connectivity index is 3.58. The van der Waals surface area contributed by atoms with Crippen LogP contribution in [0.3, 0.4) is 0 Å². The average Bonchev–Trinajstić information content (AvgIpc) is 2.40. The smallest absolute Gasteiger partial charge is 0.321 e. The summed E-state index contributed by atoms with van der Waals surface area (Å²) in [5.74, 6) is -1.69. The first-order valence-electron chi connectivity index (χ1n) is 6.90. The molecule has 0 spiro atoms. The number of aliphatic carboxylic acids is 1. The van der Waals surface area contributed by atoms with E-state index >= 15 is 0 Å². The number of urea groups is 1. The highest BCUT2D eigenvalue weighted by atomic mass is 16.5. The SMILES string of the molecule is CCOC(=O)CCCNC(=O)NC(=O)CCCCC(=O)O. The molecular weight excluding hydrogens is 280 g/mol. The summed E-state index contributed by atoms with van der Waals surface area (Å²) in [7, 11) is 0. The first kappa shape index (κ1) is 18.9. The molecule has 0 aliphatic heterocycles. The fourth-order valence-corrected chi connectivity index (χ4v) is 1.46. The molecule has 0 aliphatic rings. The Morgan fingerprint density at radius 3 is 2.29 bits per heavy atom. The van der Waals surface area contributed by atoms with Gasteiger partial charge in [0.25, 0.3) is 0 Å². The fourth-order valence-electron chi connectivity index (χ4n) is 1.46. The number of carbonyl (C=O) groups is 4. The van der Waals surface area contributed by atoms with Crippen LogP contribution in [0.5, 0.6) is 0 Å². The minimum atomic E-state index is -0.908. The normalized spacial score (nSPS) is 9.76. The van der Waals surface area contributed by atoms with Gasteiger partial charge in [0.15, 0.2) is 0 Å². The van der Waals surface area contributed by atoms with Crippen molar-refractivity contribution in [2.24, 2.45) is 0 Å². The highest BCUT2D eigenvalue weighted by molar-refractivity contribution is 5.94. The first-order valence-corrected chi connectivity index (χ1v) is 6.90. The van der Waals surface area contributed by atoms with E-state index in [0.29, 0.717) is 25.9 Å². The molecule has 0 aromatic carbocycles. The van der Waals surface area contributed by atoms with Gasteiger partial charge in [-0.1, -0.05) is 0 Å². The summed E-state index contributed by atoms with van der Waals surface area (Å²) < 4.78 is 4.72. The summed E-state index contributed by atoms with van der Waals surface area (Å²) in [5.41, 5.74) is 0. The highest BCUT2D eigenvalue weighted by Crippen LogP contribution is 1.99. The van der Waals surface area contributed by atoms with Gasteiger partial charge in [0.05, 0.1) is 6.61 Å². The second-order valence-electron chi connectivity index (χ2n) is 4.31. The van der Waals surface area contributed by atoms with Crippen LogP contribution in [-0.2, 0) is 19.1 Å². The first-order chi connectivity index (χ1) is 9.95. The Labute approximate surface area is 123 Å². The molecule has 0 aromatic heterocycles. The third-order valence-corrected chi connectivity index (χ3v) is 2.45. The van der Waals surface area contributed by atoms with E-state index in [1.165, 1.54) is 0 Å². The molecule has 8 nitrogen and oxygen atoms in total. The molecule has 0 saturated carbocycles. The number of hydrogen-bond donors (Lipinski definition) is 3. The number of carboxylic acids is 1. The second kappa shape index (κ2) is 11.7. The molecule has 0 aromatic rings. The third kappa shape index (κ3) is 12.6. The van der Waals surface area contributed by atoms with Crippen molar-refractivity contribution < 1.29 is 29.0 Å². The maximum atomic E-state index is 11.3. The molecule has 0 heterocycles.